The smallest absolute Gasteiger partial charge is 0.234 e. The van der Waals surface area contributed by atoms with Crippen LogP contribution in [0, 0.1) is 5.41 Å². The maximum absolute atomic E-state index is 13.2. The Morgan fingerprint density at radius 1 is 1.12 bits per heavy atom. The first-order chi connectivity index (χ1) is 12.7. The minimum atomic E-state index is -0.263. The molecule has 2 aliphatic heterocycles. The fourth-order valence-electron chi connectivity index (χ4n) is 4.23. The van der Waals surface area contributed by atoms with Gasteiger partial charge in [-0.15, -0.1) is 0 Å². The largest absolute Gasteiger partial charge is 0.497 e. The minimum absolute atomic E-state index is 0.228. The Morgan fingerprint density at radius 3 is 2.62 bits per heavy atom. The van der Waals surface area contributed by atoms with Gasteiger partial charge in [-0.2, -0.15) is 0 Å². The number of aromatic nitrogens is 2. The molecule has 1 spiro atoms. The molecule has 26 heavy (non-hydrogen) atoms. The van der Waals surface area contributed by atoms with Gasteiger partial charge in [-0.3, -0.25) is 9.69 Å². The summed E-state index contributed by atoms with van der Waals surface area (Å²) in [5.41, 5.74) is 1.80. The standard InChI is InChI=1S/C20H24N4O2/c1-26-18-5-3-16(4-6-18)13-23-9-2-7-20(14-23)8-10-24(19(20)25)17-11-21-15-22-12-17/h3-6,11-12,15H,2,7-10,13-14H2,1H3/t20-/m0/s1. The number of carbonyl (C=O) groups excluding carboxylic acids is 1. The van der Waals surface area contributed by atoms with Gasteiger partial charge in [-0.05, 0) is 43.5 Å². The molecule has 1 amide bonds. The second-order valence-electron chi connectivity index (χ2n) is 7.25. The van der Waals surface area contributed by atoms with Crippen LogP contribution in [0.25, 0.3) is 0 Å². The van der Waals surface area contributed by atoms with Crippen LogP contribution >= 0.6 is 0 Å². The predicted octanol–water partition coefficient (Wildman–Crippen LogP) is 2.50. The van der Waals surface area contributed by atoms with Crippen molar-refractivity contribution in [3.63, 3.8) is 0 Å². The second kappa shape index (κ2) is 7.03. The number of likely N-dealkylation sites (tertiary alicyclic amines) is 1. The molecule has 1 atom stereocenters. The van der Waals surface area contributed by atoms with Gasteiger partial charge in [0, 0.05) is 19.6 Å². The van der Waals surface area contributed by atoms with Gasteiger partial charge in [-0.25, -0.2) is 9.97 Å². The van der Waals surface area contributed by atoms with Gasteiger partial charge in [0.05, 0.1) is 30.6 Å². The SMILES string of the molecule is COc1ccc(CN2CCC[C@]3(CCN(c4cncnc4)C3=O)C2)cc1. The van der Waals surface area contributed by atoms with Crippen LogP contribution in [0.1, 0.15) is 24.8 Å². The fourth-order valence-corrected chi connectivity index (χ4v) is 4.23. The van der Waals surface area contributed by atoms with Crippen molar-refractivity contribution in [2.75, 3.05) is 31.6 Å². The molecule has 1 aromatic heterocycles. The number of hydrogen-bond acceptors (Lipinski definition) is 5. The van der Waals surface area contributed by atoms with E-state index in [-0.39, 0.29) is 11.3 Å². The average molecular weight is 352 g/mol. The summed E-state index contributed by atoms with van der Waals surface area (Å²) in [6.45, 7) is 3.48. The van der Waals surface area contributed by atoms with Crippen molar-refractivity contribution in [1.29, 1.82) is 0 Å². The third-order valence-corrected chi connectivity index (χ3v) is 5.59. The number of benzene rings is 1. The molecule has 2 fully saturated rings. The van der Waals surface area contributed by atoms with Crippen LogP contribution in [0.4, 0.5) is 5.69 Å². The maximum Gasteiger partial charge on any atom is 0.234 e. The van der Waals surface area contributed by atoms with E-state index >= 15 is 0 Å². The molecule has 0 saturated carbocycles. The topological polar surface area (TPSA) is 58.6 Å². The van der Waals surface area contributed by atoms with E-state index in [1.807, 2.05) is 17.0 Å². The maximum atomic E-state index is 13.2. The van der Waals surface area contributed by atoms with Crippen LogP contribution in [-0.2, 0) is 11.3 Å². The average Bonchev–Trinajstić information content (AvgIpc) is 2.99. The molecule has 2 aromatic rings. The number of rotatable bonds is 4. The van der Waals surface area contributed by atoms with Gasteiger partial charge in [-0.1, -0.05) is 12.1 Å². The first kappa shape index (κ1) is 17.0. The van der Waals surface area contributed by atoms with Crippen molar-refractivity contribution in [2.45, 2.75) is 25.8 Å². The molecule has 0 aliphatic carbocycles. The predicted molar refractivity (Wildman–Crippen MR) is 98.9 cm³/mol. The lowest BCUT2D eigenvalue weighted by molar-refractivity contribution is -0.128. The van der Waals surface area contributed by atoms with Crippen LogP contribution < -0.4 is 9.64 Å². The molecule has 0 N–H and O–H groups in total. The molecule has 6 heteroatoms. The van der Waals surface area contributed by atoms with Crippen LogP contribution in [0.2, 0.25) is 0 Å². The van der Waals surface area contributed by atoms with E-state index in [9.17, 15) is 4.79 Å². The molecular formula is C20H24N4O2. The van der Waals surface area contributed by atoms with Crippen molar-refractivity contribution in [3.8, 4) is 5.75 Å². The second-order valence-corrected chi connectivity index (χ2v) is 7.25. The van der Waals surface area contributed by atoms with E-state index in [0.717, 1.165) is 56.9 Å². The highest BCUT2D eigenvalue weighted by atomic mass is 16.5. The van der Waals surface area contributed by atoms with Crippen LogP contribution in [0.15, 0.2) is 43.0 Å². The zero-order valence-electron chi connectivity index (χ0n) is 15.1. The summed E-state index contributed by atoms with van der Waals surface area (Å²) in [6, 6.07) is 8.19. The molecule has 6 nitrogen and oxygen atoms in total. The van der Waals surface area contributed by atoms with Gasteiger partial charge in [0.1, 0.15) is 12.1 Å². The molecule has 0 unspecified atom stereocenters. The third kappa shape index (κ3) is 3.17. The number of nitrogens with zero attached hydrogens (tertiary/aromatic N) is 4. The fraction of sp³-hybridized carbons (Fsp3) is 0.450. The van der Waals surface area contributed by atoms with E-state index in [4.69, 9.17) is 4.74 Å². The highest BCUT2D eigenvalue weighted by molar-refractivity contribution is 5.99. The summed E-state index contributed by atoms with van der Waals surface area (Å²) in [4.78, 5) is 25.6. The molecule has 2 aliphatic rings. The number of hydrogen-bond donors (Lipinski definition) is 0. The summed E-state index contributed by atoms with van der Waals surface area (Å²) in [5, 5.41) is 0. The van der Waals surface area contributed by atoms with Crippen molar-refractivity contribution in [2.24, 2.45) is 5.41 Å². The quantitative estimate of drug-likeness (QED) is 0.846. The van der Waals surface area contributed by atoms with Gasteiger partial charge < -0.3 is 9.64 Å². The molecule has 3 heterocycles. The van der Waals surface area contributed by atoms with E-state index in [0.29, 0.717) is 0 Å². The van der Waals surface area contributed by atoms with Gasteiger partial charge in [0.2, 0.25) is 5.91 Å². The lowest BCUT2D eigenvalue weighted by Crippen LogP contribution is -2.47. The Labute approximate surface area is 153 Å². The number of carbonyl (C=O) groups is 1. The highest BCUT2D eigenvalue weighted by Crippen LogP contribution is 2.41. The summed E-state index contributed by atoms with van der Waals surface area (Å²) < 4.78 is 5.23. The summed E-state index contributed by atoms with van der Waals surface area (Å²) in [7, 11) is 1.68. The Morgan fingerprint density at radius 2 is 1.88 bits per heavy atom. The Balaban J connectivity index is 1.46. The van der Waals surface area contributed by atoms with Crippen LogP contribution in [0.5, 0.6) is 5.75 Å². The molecule has 4 rings (SSSR count). The summed E-state index contributed by atoms with van der Waals surface area (Å²) in [6.07, 6.45) is 7.87. The monoisotopic (exact) mass is 352 g/mol. The molecule has 2 saturated heterocycles. The van der Waals surface area contributed by atoms with Crippen molar-refractivity contribution < 1.29 is 9.53 Å². The van der Waals surface area contributed by atoms with Gasteiger partial charge in [0.15, 0.2) is 0 Å². The van der Waals surface area contributed by atoms with Crippen LogP contribution in [0.3, 0.4) is 0 Å². The van der Waals surface area contributed by atoms with E-state index in [1.165, 1.54) is 11.9 Å². The molecule has 136 valence electrons. The number of anilines is 1. The third-order valence-electron chi connectivity index (χ3n) is 5.59. The Hall–Kier alpha value is -2.47. The van der Waals surface area contributed by atoms with E-state index in [1.54, 1.807) is 19.5 Å². The van der Waals surface area contributed by atoms with Crippen molar-refractivity contribution in [1.82, 2.24) is 14.9 Å². The van der Waals surface area contributed by atoms with Gasteiger partial charge in [0.25, 0.3) is 0 Å². The van der Waals surface area contributed by atoms with Crippen molar-refractivity contribution in [3.05, 3.63) is 48.5 Å². The number of amides is 1. The Kier molecular flexibility index (Phi) is 4.59. The normalized spacial score (nSPS) is 23.6. The number of ether oxygens (including phenoxy) is 1. The summed E-state index contributed by atoms with van der Waals surface area (Å²) >= 11 is 0. The van der Waals surface area contributed by atoms with E-state index < -0.39 is 0 Å². The van der Waals surface area contributed by atoms with Gasteiger partial charge >= 0.3 is 0 Å². The first-order valence-electron chi connectivity index (χ1n) is 9.12. The lowest BCUT2D eigenvalue weighted by Gasteiger charge is -2.39. The molecular weight excluding hydrogens is 328 g/mol. The Bertz CT molecular complexity index is 765. The lowest BCUT2D eigenvalue weighted by atomic mass is 9.78. The number of piperidine rings is 1. The highest BCUT2D eigenvalue weighted by Gasteiger charge is 2.49. The first-order valence-corrected chi connectivity index (χ1v) is 9.12. The van der Waals surface area contributed by atoms with Crippen molar-refractivity contribution >= 4 is 11.6 Å². The molecule has 0 bridgehead atoms. The molecule has 0 radical (unpaired) electrons. The van der Waals surface area contributed by atoms with Crippen LogP contribution in [-0.4, -0.2) is 47.5 Å². The minimum Gasteiger partial charge on any atom is -0.497 e. The zero-order valence-corrected chi connectivity index (χ0v) is 15.1. The molecule has 1 aromatic carbocycles. The summed E-state index contributed by atoms with van der Waals surface area (Å²) in [5.74, 6) is 1.10. The zero-order chi connectivity index (χ0) is 18.0. The van der Waals surface area contributed by atoms with E-state index in [2.05, 4.69) is 27.0 Å². The number of methoxy groups -OCH3 is 1.